The lowest BCUT2D eigenvalue weighted by atomic mass is 10.1. The van der Waals surface area contributed by atoms with Gasteiger partial charge in [-0.05, 0) is 30.7 Å². The Labute approximate surface area is 110 Å². The van der Waals surface area contributed by atoms with Gasteiger partial charge in [-0.2, -0.15) is 5.26 Å². The molecule has 2 nitrogen and oxygen atoms in total. The number of hydrogen-bond donors (Lipinski definition) is 1. The minimum Gasteiger partial charge on any atom is -0.366 e. The standard InChI is InChI=1S/C15H12F2N2/c1-10-5-2-3-8-13(10)19-14(9-18)15-11(16)6-4-7-12(15)17/h2-8,14,19H,1H3. The second kappa shape index (κ2) is 5.49. The fraction of sp³-hybridized carbons (Fsp3) is 0.133. The van der Waals surface area contributed by atoms with Gasteiger partial charge in [-0.15, -0.1) is 0 Å². The molecule has 96 valence electrons. The molecule has 1 N–H and O–H groups in total. The number of nitrogens with zero attached hydrogens (tertiary/aromatic N) is 1. The summed E-state index contributed by atoms with van der Waals surface area (Å²) in [6.07, 6.45) is 0. The zero-order chi connectivity index (χ0) is 13.8. The van der Waals surface area contributed by atoms with E-state index in [-0.39, 0.29) is 5.56 Å². The van der Waals surface area contributed by atoms with Gasteiger partial charge in [0.25, 0.3) is 0 Å². The monoisotopic (exact) mass is 258 g/mol. The van der Waals surface area contributed by atoms with E-state index >= 15 is 0 Å². The predicted octanol–water partition coefficient (Wildman–Crippen LogP) is 3.95. The van der Waals surface area contributed by atoms with Crippen LogP contribution in [0.25, 0.3) is 0 Å². The van der Waals surface area contributed by atoms with Gasteiger partial charge in [0.15, 0.2) is 0 Å². The molecule has 1 unspecified atom stereocenters. The number of nitrogens with one attached hydrogen (secondary N) is 1. The van der Waals surface area contributed by atoms with E-state index in [4.69, 9.17) is 5.26 Å². The minimum absolute atomic E-state index is 0.256. The molecule has 1 atom stereocenters. The average Bonchev–Trinajstić information content (AvgIpc) is 2.39. The van der Waals surface area contributed by atoms with E-state index in [2.05, 4.69) is 5.32 Å². The lowest BCUT2D eigenvalue weighted by molar-refractivity contribution is 0.552. The van der Waals surface area contributed by atoms with Crippen molar-refractivity contribution in [2.75, 3.05) is 5.32 Å². The summed E-state index contributed by atoms with van der Waals surface area (Å²) >= 11 is 0. The molecule has 0 saturated heterocycles. The van der Waals surface area contributed by atoms with Crippen LogP contribution in [0.5, 0.6) is 0 Å². The maximum atomic E-state index is 13.7. The topological polar surface area (TPSA) is 35.8 Å². The molecule has 0 bridgehead atoms. The van der Waals surface area contributed by atoms with Crippen LogP contribution in [0.15, 0.2) is 42.5 Å². The van der Waals surface area contributed by atoms with Gasteiger partial charge in [0, 0.05) is 5.69 Å². The molecule has 2 aromatic rings. The third-order valence-corrected chi connectivity index (χ3v) is 2.86. The fourth-order valence-electron chi connectivity index (χ4n) is 1.85. The highest BCUT2D eigenvalue weighted by Crippen LogP contribution is 2.25. The van der Waals surface area contributed by atoms with E-state index < -0.39 is 17.7 Å². The molecular weight excluding hydrogens is 246 g/mol. The van der Waals surface area contributed by atoms with Gasteiger partial charge in [-0.3, -0.25) is 0 Å². The van der Waals surface area contributed by atoms with Crippen molar-refractivity contribution in [1.82, 2.24) is 0 Å². The molecule has 0 spiro atoms. The van der Waals surface area contributed by atoms with Gasteiger partial charge in [-0.25, -0.2) is 8.78 Å². The third kappa shape index (κ3) is 2.71. The van der Waals surface area contributed by atoms with Crippen LogP contribution in [0.3, 0.4) is 0 Å². The quantitative estimate of drug-likeness (QED) is 0.904. The van der Waals surface area contributed by atoms with Crippen LogP contribution in [-0.2, 0) is 0 Å². The summed E-state index contributed by atoms with van der Waals surface area (Å²) in [5, 5.41) is 12.0. The number of anilines is 1. The molecule has 0 aromatic heterocycles. The molecule has 0 amide bonds. The molecule has 0 saturated carbocycles. The van der Waals surface area contributed by atoms with Gasteiger partial charge < -0.3 is 5.32 Å². The van der Waals surface area contributed by atoms with Crippen LogP contribution in [0.1, 0.15) is 17.2 Å². The summed E-state index contributed by atoms with van der Waals surface area (Å²) in [6.45, 7) is 1.86. The number of aryl methyl sites for hydroxylation is 1. The number of hydrogen-bond acceptors (Lipinski definition) is 2. The van der Waals surface area contributed by atoms with Crippen LogP contribution in [0, 0.1) is 29.9 Å². The highest BCUT2D eigenvalue weighted by molar-refractivity contribution is 5.53. The van der Waals surface area contributed by atoms with E-state index in [1.54, 1.807) is 12.1 Å². The zero-order valence-electron chi connectivity index (χ0n) is 10.3. The Morgan fingerprint density at radius 2 is 1.68 bits per heavy atom. The average molecular weight is 258 g/mol. The summed E-state index contributed by atoms with van der Waals surface area (Å²) in [5.74, 6) is -1.46. The molecule has 0 aliphatic rings. The second-order valence-corrected chi connectivity index (χ2v) is 4.16. The first-order chi connectivity index (χ1) is 9.13. The highest BCUT2D eigenvalue weighted by atomic mass is 19.1. The number of halogens is 2. The van der Waals surface area contributed by atoms with Crippen molar-refractivity contribution in [3.8, 4) is 6.07 Å². The maximum Gasteiger partial charge on any atom is 0.145 e. The number of rotatable bonds is 3. The normalized spacial score (nSPS) is 11.7. The van der Waals surface area contributed by atoms with E-state index in [0.29, 0.717) is 5.69 Å². The van der Waals surface area contributed by atoms with Gasteiger partial charge in [0.2, 0.25) is 0 Å². The van der Waals surface area contributed by atoms with E-state index in [1.807, 2.05) is 25.1 Å². The third-order valence-electron chi connectivity index (χ3n) is 2.86. The van der Waals surface area contributed by atoms with Gasteiger partial charge in [-0.1, -0.05) is 24.3 Å². The fourth-order valence-corrected chi connectivity index (χ4v) is 1.85. The molecule has 0 aliphatic carbocycles. The first kappa shape index (κ1) is 13.0. The molecule has 2 aromatic carbocycles. The Hall–Kier alpha value is -2.41. The smallest absolute Gasteiger partial charge is 0.145 e. The van der Waals surface area contributed by atoms with E-state index in [9.17, 15) is 8.78 Å². The van der Waals surface area contributed by atoms with Gasteiger partial charge in [0.05, 0.1) is 11.6 Å². The lowest BCUT2D eigenvalue weighted by Crippen LogP contribution is -2.13. The summed E-state index contributed by atoms with van der Waals surface area (Å²) in [4.78, 5) is 0. The zero-order valence-corrected chi connectivity index (χ0v) is 10.3. The van der Waals surface area contributed by atoms with E-state index in [1.165, 1.54) is 6.07 Å². The van der Waals surface area contributed by atoms with Crippen molar-refractivity contribution in [3.05, 3.63) is 65.2 Å². The molecule has 0 radical (unpaired) electrons. The van der Waals surface area contributed by atoms with Crippen LogP contribution in [0.4, 0.5) is 14.5 Å². The predicted molar refractivity (Wildman–Crippen MR) is 69.5 cm³/mol. The van der Waals surface area contributed by atoms with Crippen LogP contribution >= 0.6 is 0 Å². The van der Waals surface area contributed by atoms with Crippen molar-refractivity contribution in [1.29, 1.82) is 5.26 Å². The first-order valence-electron chi connectivity index (χ1n) is 5.79. The summed E-state index contributed by atoms with van der Waals surface area (Å²) in [5.41, 5.74) is 1.32. The van der Waals surface area contributed by atoms with Crippen LogP contribution in [-0.4, -0.2) is 0 Å². The Morgan fingerprint density at radius 1 is 1.05 bits per heavy atom. The second-order valence-electron chi connectivity index (χ2n) is 4.16. The van der Waals surface area contributed by atoms with Crippen molar-refractivity contribution in [2.45, 2.75) is 13.0 Å². The summed E-state index contributed by atoms with van der Waals surface area (Å²) in [7, 11) is 0. The molecule has 0 heterocycles. The van der Waals surface area contributed by atoms with Crippen LogP contribution < -0.4 is 5.32 Å². The Bertz CT molecular complexity index is 612. The molecule has 0 aliphatic heterocycles. The highest BCUT2D eigenvalue weighted by Gasteiger charge is 2.20. The van der Waals surface area contributed by atoms with Crippen molar-refractivity contribution < 1.29 is 8.78 Å². The summed E-state index contributed by atoms with van der Waals surface area (Å²) < 4.78 is 27.3. The first-order valence-corrected chi connectivity index (χ1v) is 5.79. The lowest BCUT2D eigenvalue weighted by Gasteiger charge is -2.16. The van der Waals surface area contributed by atoms with Crippen LogP contribution in [0.2, 0.25) is 0 Å². The molecular formula is C15H12F2N2. The minimum atomic E-state index is -1.07. The van der Waals surface area contributed by atoms with Gasteiger partial charge >= 0.3 is 0 Å². The molecule has 4 heteroatoms. The largest absolute Gasteiger partial charge is 0.366 e. The SMILES string of the molecule is Cc1ccccc1NC(C#N)c1c(F)cccc1F. The molecule has 2 rings (SSSR count). The Kier molecular flexibility index (Phi) is 3.76. The van der Waals surface area contributed by atoms with Crippen molar-refractivity contribution in [2.24, 2.45) is 0 Å². The Balaban J connectivity index is 2.37. The van der Waals surface area contributed by atoms with Crippen molar-refractivity contribution >= 4 is 5.69 Å². The Morgan fingerprint density at radius 3 is 2.26 bits per heavy atom. The number of benzene rings is 2. The molecule has 19 heavy (non-hydrogen) atoms. The number of para-hydroxylation sites is 1. The van der Waals surface area contributed by atoms with Gasteiger partial charge in [0.1, 0.15) is 17.7 Å². The maximum absolute atomic E-state index is 13.7. The number of nitriles is 1. The van der Waals surface area contributed by atoms with Crippen molar-refractivity contribution in [3.63, 3.8) is 0 Å². The van der Waals surface area contributed by atoms with E-state index in [0.717, 1.165) is 17.7 Å². The summed E-state index contributed by atoms with van der Waals surface area (Å²) in [6, 6.07) is 11.6. The molecule has 0 fully saturated rings.